The third-order valence-corrected chi connectivity index (χ3v) is 3.09. The van der Waals surface area contributed by atoms with Crippen molar-refractivity contribution >= 4 is 45.2 Å². The van der Waals surface area contributed by atoms with E-state index in [2.05, 4.69) is 31.8 Å². The Kier molecular flexibility index (Phi) is 5.20. The van der Waals surface area contributed by atoms with Crippen molar-refractivity contribution in [3.05, 3.63) is 64.4 Å². The van der Waals surface area contributed by atoms with E-state index in [0.29, 0.717) is 5.69 Å². The van der Waals surface area contributed by atoms with E-state index in [0.717, 1.165) is 10.0 Å². The normalized spacial score (nSPS) is 10.5. The highest BCUT2D eigenvalue weighted by molar-refractivity contribution is 9.10. The van der Waals surface area contributed by atoms with Crippen LogP contribution >= 0.6 is 28.1 Å². The molecule has 0 aromatic heterocycles. The van der Waals surface area contributed by atoms with E-state index in [1.54, 1.807) is 24.4 Å². The predicted octanol–water partition coefficient (Wildman–Crippen LogP) is 3.91. The lowest BCUT2D eigenvalue weighted by atomic mass is 10.2. The van der Waals surface area contributed by atoms with Crippen molar-refractivity contribution in [3.8, 4) is 0 Å². The van der Waals surface area contributed by atoms with E-state index in [1.807, 2.05) is 24.3 Å². The van der Waals surface area contributed by atoms with Gasteiger partial charge in [-0.2, -0.15) is 5.10 Å². The molecule has 0 unspecified atom stereocenters. The van der Waals surface area contributed by atoms with Crippen molar-refractivity contribution < 1.29 is 4.39 Å². The van der Waals surface area contributed by atoms with Crippen LogP contribution in [0.4, 0.5) is 10.1 Å². The molecule has 0 atom stereocenters. The predicted molar refractivity (Wildman–Crippen MR) is 87.5 cm³/mol. The van der Waals surface area contributed by atoms with Crippen molar-refractivity contribution in [2.75, 3.05) is 5.32 Å². The number of hydrogen-bond donors (Lipinski definition) is 2. The Morgan fingerprint density at radius 3 is 2.55 bits per heavy atom. The summed E-state index contributed by atoms with van der Waals surface area (Å²) in [5, 5.41) is 6.94. The van der Waals surface area contributed by atoms with Crippen molar-refractivity contribution in [1.29, 1.82) is 0 Å². The van der Waals surface area contributed by atoms with Crippen molar-refractivity contribution in [2.45, 2.75) is 0 Å². The summed E-state index contributed by atoms with van der Waals surface area (Å²) < 4.78 is 14.4. The zero-order valence-corrected chi connectivity index (χ0v) is 12.7. The van der Waals surface area contributed by atoms with E-state index >= 15 is 0 Å². The molecule has 2 aromatic carbocycles. The molecule has 6 heteroatoms. The molecular formula is C14H11BrFN3S. The van der Waals surface area contributed by atoms with Gasteiger partial charge in [0.1, 0.15) is 5.82 Å². The topological polar surface area (TPSA) is 36.4 Å². The van der Waals surface area contributed by atoms with E-state index in [9.17, 15) is 4.39 Å². The third-order valence-electron chi connectivity index (χ3n) is 2.37. The zero-order chi connectivity index (χ0) is 14.4. The van der Waals surface area contributed by atoms with Crippen LogP contribution in [-0.4, -0.2) is 11.3 Å². The Hall–Kier alpha value is -1.79. The zero-order valence-electron chi connectivity index (χ0n) is 10.3. The van der Waals surface area contributed by atoms with Crippen LogP contribution < -0.4 is 10.7 Å². The third kappa shape index (κ3) is 4.40. The number of para-hydroxylation sites is 1. The second-order valence-corrected chi connectivity index (χ2v) is 5.18. The van der Waals surface area contributed by atoms with E-state index in [1.165, 1.54) is 6.07 Å². The first kappa shape index (κ1) is 14.6. The minimum absolute atomic E-state index is 0.225. The average Bonchev–Trinajstić information content (AvgIpc) is 2.44. The maximum atomic E-state index is 13.4. The molecule has 0 aliphatic carbocycles. The molecule has 0 spiro atoms. The summed E-state index contributed by atoms with van der Waals surface area (Å²) in [5.74, 6) is -0.367. The Bertz CT molecular complexity index is 629. The number of halogens is 2. The maximum absolute atomic E-state index is 13.4. The van der Waals surface area contributed by atoms with Crippen LogP contribution in [0.5, 0.6) is 0 Å². The van der Waals surface area contributed by atoms with Gasteiger partial charge in [-0.3, -0.25) is 5.43 Å². The number of rotatable bonds is 3. The summed E-state index contributed by atoms with van der Waals surface area (Å²) in [4.78, 5) is 0. The molecule has 3 nitrogen and oxygen atoms in total. The van der Waals surface area contributed by atoms with Crippen LogP contribution in [0.2, 0.25) is 0 Å². The molecule has 102 valence electrons. The average molecular weight is 352 g/mol. The van der Waals surface area contributed by atoms with Gasteiger partial charge in [-0.25, -0.2) is 4.39 Å². The Morgan fingerprint density at radius 1 is 1.15 bits per heavy atom. The standard InChI is InChI=1S/C14H11BrFN3S/c15-11-7-5-10(6-8-11)9-17-19-14(20)18-13-4-2-1-3-12(13)16/h1-9H,(H2,18,19,20)/b17-9-. The molecule has 2 N–H and O–H groups in total. The Morgan fingerprint density at radius 2 is 1.85 bits per heavy atom. The Labute approximate surface area is 130 Å². The van der Waals surface area contributed by atoms with Crippen LogP contribution in [0.15, 0.2) is 58.1 Å². The fraction of sp³-hybridized carbons (Fsp3) is 0. The summed E-state index contributed by atoms with van der Waals surface area (Å²) in [6, 6.07) is 13.9. The molecule has 0 saturated heterocycles. The first-order valence-electron chi connectivity index (χ1n) is 5.75. The second-order valence-electron chi connectivity index (χ2n) is 3.86. The number of nitrogens with one attached hydrogen (secondary N) is 2. The van der Waals surface area contributed by atoms with Gasteiger partial charge in [0, 0.05) is 4.47 Å². The minimum atomic E-state index is -0.367. The van der Waals surface area contributed by atoms with Gasteiger partial charge in [0.2, 0.25) is 0 Å². The van der Waals surface area contributed by atoms with Gasteiger partial charge in [0.05, 0.1) is 11.9 Å². The quantitative estimate of drug-likeness (QED) is 0.500. The lowest BCUT2D eigenvalue weighted by molar-refractivity contribution is 0.632. The number of hydrogen-bond acceptors (Lipinski definition) is 2. The molecule has 0 amide bonds. The summed E-state index contributed by atoms with van der Waals surface area (Å²) >= 11 is 8.38. The molecule has 0 saturated carbocycles. The summed E-state index contributed by atoms with van der Waals surface area (Å²) in [7, 11) is 0. The SMILES string of the molecule is Fc1ccccc1NC(=S)N/N=C\c1ccc(Br)cc1. The van der Waals surface area contributed by atoms with Crippen LogP contribution in [0.3, 0.4) is 0 Å². The highest BCUT2D eigenvalue weighted by atomic mass is 79.9. The van der Waals surface area contributed by atoms with Crippen LogP contribution in [0.1, 0.15) is 5.56 Å². The Balaban J connectivity index is 1.89. The molecule has 2 aromatic rings. The number of hydrazone groups is 1. The number of benzene rings is 2. The molecule has 2 rings (SSSR count). The van der Waals surface area contributed by atoms with Gasteiger partial charge in [0.15, 0.2) is 5.11 Å². The van der Waals surface area contributed by atoms with Gasteiger partial charge in [-0.1, -0.05) is 40.2 Å². The van der Waals surface area contributed by atoms with Crippen LogP contribution in [0.25, 0.3) is 0 Å². The molecule has 0 aliphatic rings. The first-order chi connectivity index (χ1) is 9.65. The largest absolute Gasteiger partial charge is 0.329 e. The van der Waals surface area contributed by atoms with Gasteiger partial charge in [0.25, 0.3) is 0 Å². The van der Waals surface area contributed by atoms with Gasteiger partial charge < -0.3 is 5.32 Å². The molecule has 0 bridgehead atoms. The fourth-order valence-corrected chi connectivity index (χ4v) is 1.85. The van der Waals surface area contributed by atoms with Gasteiger partial charge in [-0.05, 0) is 42.0 Å². The van der Waals surface area contributed by atoms with E-state index < -0.39 is 0 Å². The molecule has 0 heterocycles. The molecule has 20 heavy (non-hydrogen) atoms. The minimum Gasteiger partial charge on any atom is -0.329 e. The lowest BCUT2D eigenvalue weighted by Gasteiger charge is -2.07. The van der Waals surface area contributed by atoms with Crippen molar-refractivity contribution in [3.63, 3.8) is 0 Å². The number of anilines is 1. The molecule has 0 fully saturated rings. The van der Waals surface area contributed by atoms with Crippen LogP contribution in [-0.2, 0) is 0 Å². The molecule has 0 radical (unpaired) electrons. The lowest BCUT2D eigenvalue weighted by Crippen LogP contribution is -2.24. The van der Waals surface area contributed by atoms with Gasteiger partial charge >= 0.3 is 0 Å². The highest BCUT2D eigenvalue weighted by Gasteiger charge is 2.01. The van der Waals surface area contributed by atoms with Gasteiger partial charge in [-0.15, -0.1) is 0 Å². The molecule has 0 aliphatic heterocycles. The summed E-state index contributed by atoms with van der Waals surface area (Å²) in [6.07, 6.45) is 1.63. The second kappa shape index (κ2) is 7.12. The van der Waals surface area contributed by atoms with E-state index in [-0.39, 0.29) is 10.9 Å². The van der Waals surface area contributed by atoms with E-state index in [4.69, 9.17) is 12.2 Å². The fourth-order valence-electron chi connectivity index (χ4n) is 1.43. The molecular weight excluding hydrogens is 341 g/mol. The highest BCUT2D eigenvalue weighted by Crippen LogP contribution is 2.12. The number of thiocarbonyl (C=S) groups is 1. The monoisotopic (exact) mass is 351 g/mol. The van der Waals surface area contributed by atoms with Crippen molar-refractivity contribution in [2.24, 2.45) is 5.10 Å². The van der Waals surface area contributed by atoms with Crippen LogP contribution in [0, 0.1) is 5.82 Å². The number of nitrogens with zero attached hydrogens (tertiary/aromatic N) is 1. The van der Waals surface area contributed by atoms with Crippen molar-refractivity contribution in [1.82, 2.24) is 5.43 Å². The summed E-state index contributed by atoms with van der Waals surface area (Å²) in [5.41, 5.74) is 3.87. The maximum Gasteiger partial charge on any atom is 0.191 e. The summed E-state index contributed by atoms with van der Waals surface area (Å²) in [6.45, 7) is 0. The smallest absolute Gasteiger partial charge is 0.191 e. The first-order valence-corrected chi connectivity index (χ1v) is 6.95.